The first-order chi connectivity index (χ1) is 29.2. The lowest BCUT2D eigenvalue weighted by Gasteiger charge is -2.11. The van der Waals surface area contributed by atoms with Crippen LogP contribution in [-0.2, 0) is 12.8 Å². The van der Waals surface area contributed by atoms with E-state index in [0.717, 1.165) is 12.8 Å². The topological polar surface area (TPSA) is 14.8 Å². The zero-order valence-electron chi connectivity index (χ0n) is 33.8. The smallest absolute Gasteiger partial charge is 0.0542 e. The quantitative estimate of drug-likeness (QED) is 0.132. The molecule has 11 aromatic rings. The molecule has 3 aromatic heterocycles. The van der Waals surface area contributed by atoms with Crippen LogP contribution in [0.3, 0.4) is 0 Å². The summed E-state index contributed by atoms with van der Waals surface area (Å²) in [5, 5.41) is 7.59. The van der Waals surface area contributed by atoms with E-state index in [-0.39, 0.29) is 0 Å². The molecule has 3 nitrogen and oxygen atoms in total. The number of aryl methyl sites for hydroxylation is 2. The lowest BCUT2D eigenvalue weighted by Crippen LogP contribution is -1.96. The molecular formula is C56H47N3. The second-order valence-electron chi connectivity index (χ2n) is 16.3. The molecule has 0 spiro atoms. The molecule has 0 unspecified atom stereocenters. The molecule has 0 aliphatic rings. The Morgan fingerprint density at radius 3 is 1.07 bits per heavy atom. The molecule has 59 heavy (non-hydrogen) atoms. The van der Waals surface area contributed by atoms with Crippen LogP contribution in [0.25, 0.3) is 93.6 Å². The van der Waals surface area contributed by atoms with E-state index >= 15 is 0 Å². The van der Waals surface area contributed by atoms with Gasteiger partial charge in [0.1, 0.15) is 0 Å². The number of fused-ring (bicyclic) bond motifs is 9. The van der Waals surface area contributed by atoms with Gasteiger partial charge in [-0.1, -0.05) is 118 Å². The number of hydrogen-bond donors (Lipinski definition) is 0. The average Bonchev–Trinajstić information content (AvgIpc) is 3.93. The highest BCUT2D eigenvalue weighted by Gasteiger charge is 2.18. The molecule has 286 valence electrons. The lowest BCUT2D eigenvalue weighted by molar-refractivity contribution is 0.795. The van der Waals surface area contributed by atoms with Crippen LogP contribution in [0.15, 0.2) is 176 Å². The number of nitrogens with zero attached hydrogens (tertiary/aromatic N) is 3. The summed E-state index contributed by atoms with van der Waals surface area (Å²) < 4.78 is 7.30. The van der Waals surface area contributed by atoms with Gasteiger partial charge in [0.25, 0.3) is 0 Å². The van der Waals surface area contributed by atoms with Crippen LogP contribution in [0.1, 0.15) is 50.7 Å². The monoisotopic (exact) mass is 761 g/mol. The molecule has 0 bridgehead atoms. The lowest BCUT2D eigenvalue weighted by atomic mass is 10.0. The molecular weight excluding hydrogens is 715 g/mol. The molecule has 0 saturated heterocycles. The number of unbranched alkanes of at least 4 members (excludes halogenated alkanes) is 2. The Morgan fingerprint density at radius 2 is 0.644 bits per heavy atom. The third-order valence-corrected chi connectivity index (χ3v) is 12.6. The third-order valence-electron chi connectivity index (χ3n) is 12.6. The minimum Gasteiger partial charge on any atom is -0.309 e. The molecule has 0 saturated carbocycles. The Labute approximate surface area is 345 Å². The molecule has 0 N–H and O–H groups in total. The third kappa shape index (κ3) is 5.87. The highest BCUT2D eigenvalue weighted by Crippen LogP contribution is 2.40. The van der Waals surface area contributed by atoms with Crippen molar-refractivity contribution >= 4 is 65.4 Å². The Hall–Kier alpha value is -6.84. The minimum atomic E-state index is 1.13. The SMILES string of the molecule is CCCCc1ccc(-n2c3ccccc3c3cc(-c4ccc5c(c4)c4ccccc4n5-c4ccc5c(c4)c4ccccc4n5-c4ccc(CCCC)cc4)ccc32)cc1. The van der Waals surface area contributed by atoms with Crippen LogP contribution in [0.2, 0.25) is 0 Å². The highest BCUT2D eigenvalue weighted by molar-refractivity contribution is 6.14. The fourth-order valence-corrected chi connectivity index (χ4v) is 9.62. The van der Waals surface area contributed by atoms with E-state index in [1.165, 1.54) is 130 Å². The highest BCUT2D eigenvalue weighted by atomic mass is 15.0. The van der Waals surface area contributed by atoms with E-state index in [4.69, 9.17) is 0 Å². The standard InChI is InChI=1S/C56H47N3/c1-3-5-13-38-21-27-42(28-22-38)57-51-18-10-7-15-45(51)48-35-40(25-32-54(48)57)41-26-33-55-49(36-41)46-16-8-12-20-53(46)59(55)44-31-34-56-50(37-44)47-17-9-11-19-52(47)58(56)43-29-23-39(24-30-43)14-6-4-2/h7-12,15-37H,3-6,13-14H2,1-2H3. The van der Waals surface area contributed by atoms with Crippen LogP contribution in [-0.4, -0.2) is 13.7 Å². The normalized spacial score (nSPS) is 12.0. The van der Waals surface area contributed by atoms with Crippen LogP contribution >= 0.6 is 0 Å². The van der Waals surface area contributed by atoms with Gasteiger partial charge in [0.2, 0.25) is 0 Å². The first kappa shape index (κ1) is 35.3. The van der Waals surface area contributed by atoms with Crippen molar-refractivity contribution in [1.82, 2.24) is 13.7 Å². The Balaban J connectivity index is 1.02. The van der Waals surface area contributed by atoms with Crippen molar-refractivity contribution in [3.63, 3.8) is 0 Å². The van der Waals surface area contributed by atoms with Crippen molar-refractivity contribution in [2.24, 2.45) is 0 Å². The van der Waals surface area contributed by atoms with Gasteiger partial charge in [0.05, 0.1) is 33.1 Å². The minimum absolute atomic E-state index is 1.13. The summed E-state index contributed by atoms with van der Waals surface area (Å²) in [6.45, 7) is 4.51. The Morgan fingerprint density at radius 1 is 0.305 bits per heavy atom. The van der Waals surface area contributed by atoms with Crippen LogP contribution in [0.5, 0.6) is 0 Å². The summed E-state index contributed by atoms with van der Waals surface area (Å²) in [5.74, 6) is 0. The molecule has 0 aliphatic heterocycles. The second kappa shape index (κ2) is 14.5. The predicted octanol–water partition coefficient (Wildman–Crippen LogP) is 15.3. The van der Waals surface area contributed by atoms with Gasteiger partial charge in [-0.2, -0.15) is 0 Å². The molecule has 3 heterocycles. The van der Waals surface area contributed by atoms with E-state index in [1.807, 2.05) is 0 Å². The molecule has 0 radical (unpaired) electrons. The summed E-state index contributed by atoms with van der Waals surface area (Å²) in [5.41, 5.74) is 16.2. The van der Waals surface area contributed by atoms with Crippen molar-refractivity contribution in [3.8, 4) is 28.2 Å². The molecule has 0 atom stereocenters. The number of aromatic nitrogens is 3. The molecule has 0 aliphatic carbocycles. The summed E-state index contributed by atoms with van der Waals surface area (Å²) in [7, 11) is 0. The van der Waals surface area contributed by atoms with Crippen molar-refractivity contribution < 1.29 is 0 Å². The number of hydrogen-bond acceptors (Lipinski definition) is 0. The fourth-order valence-electron chi connectivity index (χ4n) is 9.62. The van der Waals surface area contributed by atoms with Crippen molar-refractivity contribution in [3.05, 3.63) is 187 Å². The van der Waals surface area contributed by atoms with Gasteiger partial charge in [-0.3, -0.25) is 0 Å². The van der Waals surface area contributed by atoms with E-state index in [1.54, 1.807) is 0 Å². The van der Waals surface area contributed by atoms with Crippen molar-refractivity contribution in [2.75, 3.05) is 0 Å². The summed E-state index contributed by atoms with van der Waals surface area (Å²) >= 11 is 0. The van der Waals surface area contributed by atoms with Crippen molar-refractivity contribution in [2.45, 2.75) is 52.4 Å². The van der Waals surface area contributed by atoms with E-state index in [9.17, 15) is 0 Å². The molecule has 3 heteroatoms. The van der Waals surface area contributed by atoms with Gasteiger partial charge in [-0.05, 0) is 133 Å². The van der Waals surface area contributed by atoms with Gasteiger partial charge in [-0.15, -0.1) is 0 Å². The predicted molar refractivity (Wildman–Crippen MR) is 252 cm³/mol. The maximum Gasteiger partial charge on any atom is 0.0542 e. The zero-order chi connectivity index (χ0) is 39.5. The molecule has 0 amide bonds. The van der Waals surface area contributed by atoms with Gasteiger partial charge >= 0.3 is 0 Å². The number of para-hydroxylation sites is 3. The zero-order valence-corrected chi connectivity index (χ0v) is 33.8. The van der Waals surface area contributed by atoms with E-state index in [2.05, 4.69) is 203 Å². The van der Waals surface area contributed by atoms with Crippen LogP contribution in [0.4, 0.5) is 0 Å². The van der Waals surface area contributed by atoms with E-state index in [0.29, 0.717) is 0 Å². The van der Waals surface area contributed by atoms with Crippen LogP contribution in [0, 0.1) is 0 Å². The van der Waals surface area contributed by atoms with Gasteiger partial charge in [0, 0.05) is 49.4 Å². The largest absolute Gasteiger partial charge is 0.309 e. The van der Waals surface area contributed by atoms with Crippen molar-refractivity contribution in [1.29, 1.82) is 0 Å². The molecule has 11 rings (SSSR count). The maximum absolute atomic E-state index is 2.45. The maximum atomic E-state index is 2.45. The number of benzene rings is 8. The first-order valence-electron chi connectivity index (χ1n) is 21.5. The van der Waals surface area contributed by atoms with Crippen LogP contribution < -0.4 is 0 Å². The van der Waals surface area contributed by atoms with Gasteiger partial charge in [-0.25, -0.2) is 0 Å². The Kier molecular flexibility index (Phi) is 8.69. The molecule has 8 aromatic carbocycles. The summed E-state index contributed by atoms with van der Waals surface area (Å²) in [6.07, 6.45) is 7.13. The Bertz CT molecular complexity index is 3330. The summed E-state index contributed by atoms with van der Waals surface area (Å²) in [6, 6.07) is 66.0. The fraction of sp³-hybridized carbons (Fsp3) is 0.143. The van der Waals surface area contributed by atoms with E-state index < -0.39 is 0 Å². The van der Waals surface area contributed by atoms with Gasteiger partial charge < -0.3 is 13.7 Å². The van der Waals surface area contributed by atoms with Gasteiger partial charge in [0.15, 0.2) is 0 Å². The first-order valence-corrected chi connectivity index (χ1v) is 21.5. The second-order valence-corrected chi connectivity index (χ2v) is 16.3. The number of rotatable bonds is 10. The summed E-state index contributed by atoms with van der Waals surface area (Å²) in [4.78, 5) is 0. The average molecular weight is 762 g/mol. The molecule has 0 fully saturated rings.